The van der Waals surface area contributed by atoms with Crippen molar-refractivity contribution in [3.8, 4) is 0 Å². The Bertz CT molecular complexity index is 579. The molecule has 7 heteroatoms. The van der Waals surface area contributed by atoms with Gasteiger partial charge >= 0.3 is 0 Å². The second-order valence-electron chi connectivity index (χ2n) is 4.72. The number of alkyl halides is 1. The lowest BCUT2D eigenvalue weighted by Gasteiger charge is -2.33. The average Bonchev–Trinajstić information content (AvgIpc) is 2.35. The fourth-order valence-corrected chi connectivity index (χ4v) is 4.11. The Morgan fingerprint density at radius 3 is 2.68 bits per heavy atom. The molecule has 0 spiro atoms. The minimum atomic E-state index is -3.97. The molecule has 1 aliphatic rings. The second kappa shape index (κ2) is 5.46. The molecule has 2 unspecified atom stereocenters. The van der Waals surface area contributed by atoms with Crippen molar-refractivity contribution in [1.29, 1.82) is 0 Å². The van der Waals surface area contributed by atoms with E-state index in [4.69, 9.17) is 0 Å². The monoisotopic (exact) mass is 353 g/mol. The van der Waals surface area contributed by atoms with E-state index in [0.717, 1.165) is 18.2 Å². The number of sulfonamides is 1. The van der Waals surface area contributed by atoms with E-state index < -0.39 is 26.6 Å². The smallest absolute Gasteiger partial charge is 0.207 e. The molecule has 1 aliphatic heterocycles. The van der Waals surface area contributed by atoms with Gasteiger partial charge in [0, 0.05) is 17.9 Å². The molecule has 106 valence electrons. The summed E-state index contributed by atoms with van der Waals surface area (Å²) in [7, 11) is -3.97. The van der Waals surface area contributed by atoms with Crippen LogP contribution < -0.4 is 0 Å². The zero-order chi connectivity index (χ0) is 14.2. The first-order valence-corrected chi connectivity index (χ1v) is 8.27. The van der Waals surface area contributed by atoms with Gasteiger partial charge in [-0.25, -0.2) is 17.2 Å². The van der Waals surface area contributed by atoms with E-state index in [0.29, 0.717) is 19.5 Å². The van der Waals surface area contributed by atoms with Crippen molar-refractivity contribution in [3.63, 3.8) is 0 Å². The summed E-state index contributed by atoms with van der Waals surface area (Å²) in [6.07, 6.45) is 0.650. The zero-order valence-corrected chi connectivity index (χ0v) is 12.7. The molecule has 1 heterocycles. The molecule has 1 aromatic rings. The van der Waals surface area contributed by atoms with Crippen LogP contribution in [0, 0.1) is 17.6 Å². The van der Waals surface area contributed by atoms with Crippen molar-refractivity contribution in [2.24, 2.45) is 5.92 Å². The Balaban J connectivity index is 2.35. The molecule has 0 radical (unpaired) electrons. The third kappa shape index (κ3) is 2.98. The minimum Gasteiger partial charge on any atom is -0.207 e. The third-order valence-electron chi connectivity index (χ3n) is 3.27. The molecule has 1 fully saturated rings. The summed E-state index contributed by atoms with van der Waals surface area (Å²) < 4.78 is 52.6. The van der Waals surface area contributed by atoms with Crippen LogP contribution >= 0.6 is 15.9 Å². The summed E-state index contributed by atoms with van der Waals surface area (Å²) in [6, 6.07) is 2.47. The zero-order valence-electron chi connectivity index (χ0n) is 10.3. The van der Waals surface area contributed by atoms with Gasteiger partial charge in [-0.05, 0) is 30.5 Å². The van der Waals surface area contributed by atoms with Gasteiger partial charge < -0.3 is 0 Å². The summed E-state index contributed by atoms with van der Waals surface area (Å²) in [6.45, 7) is 2.52. The number of hydrogen-bond acceptors (Lipinski definition) is 2. The normalized spacial score (nSPS) is 25.5. The Labute approximate surface area is 119 Å². The quantitative estimate of drug-likeness (QED) is 0.766. The summed E-state index contributed by atoms with van der Waals surface area (Å²) in [5.41, 5.74) is 0. The molecule has 0 aromatic heterocycles. The van der Waals surface area contributed by atoms with Gasteiger partial charge in [-0.15, -0.1) is 0 Å². The lowest BCUT2D eigenvalue weighted by Crippen LogP contribution is -2.43. The van der Waals surface area contributed by atoms with Gasteiger partial charge in [-0.1, -0.05) is 22.9 Å². The topological polar surface area (TPSA) is 37.4 Å². The van der Waals surface area contributed by atoms with Gasteiger partial charge in [-0.2, -0.15) is 4.31 Å². The molecule has 0 bridgehead atoms. The molecule has 0 amide bonds. The van der Waals surface area contributed by atoms with Crippen LogP contribution in [-0.4, -0.2) is 30.6 Å². The number of halogens is 3. The predicted octanol–water partition coefficient (Wildman–Crippen LogP) is 2.76. The van der Waals surface area contributed by atoms with Crippen molar-refractivity contribution in [1.82, 2.24) is 4.31 Å². The highest BCUT2D eigenvalue weighted by molar-refractivity contribution is 9.09. The van der Waals surface area contributed by atoms with Gasteiger partial charge in [0.25, 0.3) is 0 Å². The van der Waals surface area contributed by atoms with Gasteiger partial charge in [-0.3, -0.25) is 0 Å². The van der Waals surface area contributed by atoms with Crippen LogP contribution in [0.1, 0.15) is 13.3 Å². The van der Waals surface area contributed by atoms with Gasteiger partial charge in [0.15, 0.2) is 0 Å². The van der Waals surface area contributed by atoms with Crippen LogP contribution in [-0.2, 0) is 10.0 Å². The molecule has 1 saturated heterocycles. The fraction of sp³-hybridized carbons (Fsp3) is 0.500. The largest absolute Gasteiger partial charge is 0.246 e. The number of piperidine rings is 1. The van der Waals surface area contributed by atoms with Gasteiger partial charge in [0.2, 0.25) is 10.0 Å². The molecule has 19 heavy (non-hydrogen) atoms. The molecule has 3 nitrogen and oxygen atoms in total. The standard InChI is InChI=1S/C12H14BrF2NO2S/c1-8-7-16(5-4-10(8)13)19(17,18)12-6-9(14)2-3-11(12)15/h2-3,6,8,10H,4-5,7H2,1H3. The fourth-order valence-electron chi connectivity index (χ4n) is 2.11. The first-order valence-electron chi connectivity index (χ1n) is 5.91. The van der Waals surface area contributed by atoms with E-state index >= 15 is 0 Å². The van der Waals surface area contributed by atoms with E-state index in [-0.39, 0.29) is 10.7 Å². The van der Waals surface area contributed by atoms with Crippen molar-refractivity contribution in [2.45, 2.75) is 23.1 Å². The average molecular weight is 354 g/mol. The van der Waals surface area contributed by atoms with E-state index in [1.807, 2.05) is 6.92 Å². The first-order chi connectivity index (χ1) is 8.82. The Morgan fingerprint density at radius 2 is 2.05 bits per heavy atom. The number of benzene rings is 1. The molecule has 0 saturated carbocycles. The maximum atomic E-state index is 13.6. The van der Waals surface area contributed by atoms with Gasteiger partial charge in [0.05, 0.1) is 0 Å². The summed E-state index contributed by atoms with van der Waals surface area (Å²) in [4.78, 5) is -0.343. The summed E-state index contributed by atoms with van der Waals surface area (Å²) in [5, 5.41) is 0. The van der Waals surface area contributed by atoms with E-state index in [2.05, 4.69) is 15.9 Å². The maximum Gasteiger partial charge on any atom is 0.246 e. The highest BCUT2D eigenvalue weighted by Crippen LogP contribution is 2.28. The summed E-state index contributed by atoms with van der Waals surface area (Å²) in [5.74, 6) is -1.56. The molecular formula is C12H14BrF2NO2S. The Hall–Kier alpha value is -0.530. The number of nitrogens with zero attached hydrogens (tertiary/aromatic N) is 1. The maximum absolute atomic E-state index is 13.6. The SMILES string of the molecule is CC1CN(S(=O)(=O)c2cc(F)ccc2F)CCC1Br. The Kier molecular flexibility index (Phi) is 4.27. The second-order valence-corrected chi connectivity index (χ2v) is 7.80. The predicted molar refractivity (Wildman–Crippen MR) is 71.6 cm³/mol. The van der Waals surface area contributed by atoms with E-state index in [1.54, 1.807) is 0 Å². The van der Waals surface area contributed by atoms with E-state index in [1.165, 1.54) is 4.31 Å². The summed E-state index contributed by atoms with van der Waals surface area (Å²) >= 11 is 3.47. The molecule has 1 aromatic carbocycles. The molecule has 2 rings (SSSR count). The molecule has 0 aliphatic carbocycles. The van der Waals surface area contributed by atoms with Crippen LogP contribution in [0.5, 0.6) is 0 Å². The lowest BCUT2D eigenvalue weighted by atomic mass is 10.0. The third-order valence-corrected chi connectivity index (χ3v) is 6.51. The van der Waals surface area contributed by atoms with Crippen LogP contribution in [0.4, 0.5) is 8.78 Å². The molecule has 2 atom stereocenters. The van der Waals surface area contributed by atoms with Crippen molar-refractivity contribution in [2.75, 3.05) is 13.1 Å². The molecular weight excluding hydrogens is 340 g/mol. The molecule has 0 N–H and O–H groups in total. The number of rotatable bonds is 2. The first kappa shape index (κ1) is 14.9. The van der Waals surface area contributed by atoms with Crippen LogP contribution in [0.2, 0.25) is 0 Å². The number of hydrogen-bond donors (Lipinski definition) is 0. The van der Waals surface area contributed by atoms with E-state index in [9.17, 15) is 17.2 Å². The van der Waals surface area contributed by atoms with Crippen LogP contribution in [0.15, 0.2) is 23.1 Å². The highest BCUT2D eigenvalue weighted by atomic mass is 79.9. The van der Waals surface area contributed by atoms with Crippen molar-refractivity contribution in [3.05, 3.63) is 29.8 Å². The minimum absolute atomic E-state index is 0.125. The van der Waals surface area contributed by atoms with Crippen LogP contribution in [0.25, 0.3) is 0 Å². The van der Waals surface area contributed by atoms with Crippen molar-refractivity contribution < 1.29 is 17.2 Å². The van der Waals surface area contributed by atoms with Gasteiger partial charge in [0.1, 0.15) is 16.5 Å². The lowest BCUT2D eigenvalue weighted by molar-refractivity contribution is 0.290. The van der Waals surface area contributed by atoms with Crippen LogP contribution in [0.3, 0.4) is 0 Å². The Morgan fingerprint density at radius 1 is 1.37 bits per heavy atom. The highest BCUT2D eigenvalue weighted by Gasteiger charge is 2.34. The van der Waals surface area contributed by atoms with Crippen molar-refractivity contribution >= 4 is 26.0 Å².